The Morgan fingerprint density at radius 3 is 1.83 bits per heavy atom. The molecule has 2 N–H and O–H groups in total. The molecule has 1 aliphatic carbocycles. The van der Waals surface area contributed by atoms with Crippen LogP contribution < -0.4 is 0 Å². The molecule has 3 rings (SSSR count). The maximum absolute atomic E-state index is 11.8. The summed E-state index contributed by atoms with van der Waals surface area (Å²) in [5.74, 6) is 2.64. The number of hydrogen-bond donors (Lipinski definition) is 2. The van der Waals surface area contributed by atoms with E-state index in [1.54, 1.807) is 0 Å². The van der Waals surface area contributed by atoms with Gasteiger partial charge in [-0.1, -0.05) is 80.2 Å². The number of hydrogen-bond acceptors (Lipinski definition) is 2. The van der Waals surface area contributed by atoms with Crippen molar-refractivity contribution in [2.45, 2.75) is 99.3 Å². The van der Waals surface area contributed by atoms with Crippen molar-refractivity contribution in [3.05, 3.63) is 64.2 Å². The summed E-state index contributed by atoms with van der Waals surface area (Å²) in [5, 5.41) is 23.5. The first kappa shape index (κ1) is 27.4. The van der Waals surface area contributed by atoms with Gasteiger partial charge in [-0.05, 0) is 90.0 Å². The summed E-state index contributed by atoms with van der Waals surface area (Å²) >= 11 is 0. The summed E-state index contributed by atoms with van der Waals surface area (Å²) < 4.78 is 0. The van der Waals surface area contributed by atoms with E-state index < -0.39 is 0 Å². The first-order chi connectivity index (χ1) is 16.3. The van der Waals surface area contributed by atoms with E-state index in [2.05, 4.69) is 86.2 Å². The second-order valence-electron chi connectivity index (χ2n) is 12.5. The van der Waals surface area contributed by atoms with Gasteiger partial charge in [0.2, 0.25) is 0 Å². The van der Waals surface area contributed by atoms with Crippen LogP contribution in [0.1, 0.15) is 114 Å². The number of phenols is 2. The molecule has 3 atom stereocenters. The summed E-state index contributed by atoms with van der Waals surface area (Å²) in [6.45, 7) is 24.1. The molecule has 0 heterocycles. The summed E-state index contributed by atoms with van der Waals surface area (Å²) in [6.07, 6.45) is 4.15. The fourth-order valence-corrected chi connectivity index (χ4v) is 6.70. The van der Waals surface area contributed by atoms with Gasteiger partial charge in [-0.15, -0.1) is 0 Å². The lowest BCUT2D eigenvalue weighted by molar-refractivity contribution is 0.119. The molecule has 192 valence electrons. The van der Waals surface area contributed by atoms with Crippen LogP contribution in [0.5, 0.6) is 11.5 Å². The Morgan fingerprint density at radius 2 is 1.37 bits per heavy atom. The lowest BCUT2D eigenvalue weighted by atomic mass is 9.61. The van der Waals surface area contributed by atoms with Gasteiger partial charge in [-0.25, -0.2) is 0 Å². The number of rotatable bonds is 6. The fraction of sp³-hybridized carbons (Fsp3) is 0.576. The van der Waals surface area contributed by atoms with E-state index >= 15 is 0 Å². The minimum atomic E-state index is -0.178. The number of aryl methyl sites for hydroxylation is 2. The zero-order chi connectivity index (χ0) is 26.2. The smallest absolute Gasteiger partial charge is 0.126 e. The maximum atomic E-state index is 11.8. The van der Waals surface area contributed by atoms with E-state index in [-0.39, 0.29) is 11.3 Å². The van der Waals surface area contributed by atoms with E-state index in [1.165, 1.54) is 24.0 Å². The van der Waals surface area contributed by atoms with Crippen LogP contribution in [0.2, 0.25) is 0 Å². The van der Waals surface area contributed by atoms with Gasteiger partial charge >= 0.3 is 0 Å². The summed E-state index contributed by atoms with van der Waals surface area (Å²) in [6, 6.07) is 8.66. The van der Waals surface area contributed by atoms with Crippen molar-refractivity contribution in [2.75, 3.05) is 0 Å². The van der Waals surface area contributed by atoms with E-state index in [0.29, 0.717) is 35.2 Å². The van der Waals surface area contributed by atoms with Gasteiger partial charge < -0.3 is 10.2 Å². The first-order valence-electron chi connectivity index (χ1n) is 13.7. The lowest BCUT2D eigenvalue weighted by Gasteiger charge is -2.44. The van der Waals surface area contributed by atoms with Crippen molar-refractivity contribution in [1.29, 1.82) is 0 Å². The molecule has 1 aliphatic rings. The van der Waals surface area contributed by atoms with Gasteiger partial charge in [0.1, 0.15) is 11.5 Å². The third-order valence-electron chi connectivity index (χ3n) is 8.40. The lowest BCUT2D eigenvalue weighted by Crippen LogP contribution is -2.34. The Balaban J connectivity index is 2.41. The predicted molar refractivity (Wildman–Crippen MR) is 150 cm³/mol. The van der Waals surface area contributed by atoms with Crippen molar-refractivity contribution >= 4 is 5.57 Å². The van der Waals surface area contributed by atoms with Gasteiger partial charge in [0.05, 0.1) is 0 Å². The molecule has 0 aliphatic heterocycles. The Kier molecular flexibility index (Phi) is 8.14. The largest absolute Gasteiger partial charge is 0.507 e. The Morgan fingerprint density at radius 1 is 0.886 bits per heavy atom. The molecule has 2 aromatic carbocycles. The molecular formula is C33H48O2. The minimum Gasteiger partial charge on any atom is -0.507 e. The number of phenolic OH excluding ortho intramolecular Hbond substituents is 2. The average molecular weight is 477 g/mol. The van der Waals surface area contributed by atoms with Crippen LogP contribution in [-0.4, -0.2) is 10.2 Å². The molecule has 0 radical (unpaired) electrons. The highest BCUT2D eigenvalue weighted by Gasteiger charge is 2.41. The molecule has 0 spiro atoms. The zero-order valence-electron chi connectivity index (χ0n) is 23.6. The third-order valence-corrected chi connectivity index (χ3v) is 8.40. The number of allylic oxidation sites excluding steroid dienone is 1. The van der Waals surface area contributed by atoms with Crippen molar-refractivity contribution in [3.63, 3.8) is 0 Å². The maximum Gasteiger partial charge on any atom is 0.126 e. The first-order valence-corrected chi connectivity index (χ1v) is 13.7. The van der Waals surface area contributed by atoms with Crippen molar-refractivity contribution in [3.8, 4) is 11.5 Å². The zero-order valence-corrected chi connectivity index (χ0v) is 23.6. The molecule has 1 fully saturated rings. The highest BCUT2D eigenvalue weighted by molar-refractivity contribution is 5.70. The number of benzene rings is 2. The number of aromatic hydroxyl groups is 2. The van der Waals surface area contributed by atoms with Crippen LogP contribution in [0.15, 0.2) is 30.8 Å². The summed E-state index contributed by atoms with van der Waals surface area (Å²) in [4.78, 5) is 0. The molecule has 3 unspecified atom stereocenters. The standard InChI is InChI=1S/C33H48O2/c1-11-23-15-25(19(3)4)31(34)26(16-23)30(29-21(6)13-20(5)14-22(29)7)27-17-24(12-2)18-28(32(27)35)33(8,9)10/h15-18,20-22,29-30,34-35H,3,11-14H2,1-2,4-10H3. The predicted octanol–water partition coefficient (Wildman–Crippen LogP) is 9.00. The Bertz CT molecular complexity index is 1060. The van der Waals surface area contributed by atoms with Crippen molar-refractivity contribution < 1.29 is 10.2 Å². The van der Waals surface area contributed by atoms with Crippen molar-refractivity contribution in [2.24, 2.45) is 23.7 Å². The SMILES string of the molecule is C=C(C)c1cc(CC)cc(C(c2cc(CC)cc(C(C)(C)C)c2O)C2C(C)CC(C)CC2C)c1O. The normalized spacial score (nSPS) is 23.8. The quantitative estimate of drug-likeness (QED) is 0.436. The van der Waals surface area contributed by atoms with E-state index in [0.717, 1.165) is 40.7 Å². The highest BCUT2D eigenvalue weighted by atomic mass is 16.3. The highest BCUT2D eigenvalue weighted by Crippen LogP contribution is 2.53. The molecule has 1 saturated carbocycles. The van der Waals surface area contributed by atoms with Crippen LogP contribution in [-0.2, 0) is 18.3 Å². The van der Waals surface area contributed by atoms with Crippen LogP contribution in [0.4, 0.5) is 0 Å². The van der Waals surface area contributed by atoms with E-state index in [4.69, 9.17) is 0 Å². The van der Waals surface area contributed by atoms with Crippen LogP contribution in [0.3, 0.4) is 0 Å². The monoisotopic (exact) mass is 476 g/mol. The molecule has 0 aromatic heterocycles. The molecule has 0 saturated heterocycles. The van der Waals surface area contributed by atoms with Gasteiger partial charge in [-0.2, -0.15) is 0 Å². The Labute approximate surface area is 214 Å². The van der Waals surface area contributed by atoms with Crippen LogP contribution in [0.25, 0.3) is 5.57 Å². The minimum absolute atomic E-state index is 0.0790. The summed E-state index contributed by atoms with van der Waals surface area (Å²) in [7, 11) is 0. The van der Waals surface area contributed by atoms with Gasteiger partial charge in [0.15, 0.2) is 0 Å². The molecule has 0 amide bonds. The molecule has 0 bridgehead atoms. The van der Waals surface area contributed by atoms with Crippen LogP contribution in [0, 0.1) is 23.7 Å². The third kappa shape index (κ3) is 5.47. The molecule has 2 aromatic rings. The second kappa shape index (κ2) is 10.4. The second-order valence-corrected chi connectivity index (χ2v) is 12.5. The van der Waals surface area contributed by atoms with Gasteiger partial charge in [0, 0.05) is 22.6 Å². The topological polar surface area (TPSA) is 40.5 Å². The van der Waals surface area contributed by atoms with Crippen LogP contribution >= 0.6 is 0 Å². The molecular weight excluding hydrogens is 428 g/mol. The summed E-state index contributed by atoms with van der Waals surface area (Å²) in [5.41, 5.74) is 6.88. The molecule has 2 nitrogen and oxygen atoms in total. The molecule has 2 heteroatoms. The fourth-order valence-electron chi connectivity index (χ4n) is 6.70. The Hall–Kier alpha value is -2.22. The van der Waals surface area contributed by atoms with Gasteiger partial charge in [-0.3, -0.25) is 0 Å². The van der Waals surface area contributed by atoms with Gasteiger partial charge in [0.25, 0.3) is 0 Å². The molecule has 35 heavy (non-hydrogen) atoms. The van der Waals surface area contributed by atoms with E-state index in [1.807, 2.05) is 6.92 Å². The average Bonchev–Trinajstić information content (AvgIpc) is 2.76. The van der Waals surface area contributed by atoms with Crippen molar-refractivity contribution in [1.82, 2.24) is 0 Å². The van der Waals surface area contributed by atoms with E-state index in [9.17, 15) is 10.2 Å².